The van der Waals surface area contributed by atoms with E-state index in [-0.39, 0.29) is 11.4 Å². The van der Waals surface area contributed by atoms with Crippen LogP contribution in [0.4, 0.5) is 10.1 Å². The highest BCUT2D eigenvalue weighted by molar-refractivity contribution is 5.40. The Bertz CT molecular complexity index is 432. The largest absolute Gasteiger partial charge is 0.399 e. The summed E-state index contributed by atoms with van der Waals surface area (Å²) < 4.78 is 13.8. The van der Waals surface area contributed by atoms with Crippen LogP contribution in [0, 0.1) is 5.82 Å². The quantitative estimate of drug-likeness (QED) is 0.833. The fourth-order valence-corrected chi connectivity index (χ4v) is 2.51. The predicted molar refractivity (Wildman–Crippen MR) is 77.4 cm³/mol. The molecule has 19 heavy (non-hydrogen) atoms. The summed E-state index contributed by atoms with van der Waals surface area (Å²) in [5.74, 6) is -0.196. The minimum Gasteiger partial charge on any atom is -0.399 e. The van der Waals surface area contributed by atoms with Crippen LogP contribution in [-0.4, -0.2) is 41.5 Å². The Morgan fingerprint density at radius 1 is 1.16 bits per heavy atom. The van der Waals surface area contributed by atoms with E-state index in [1.54, 1.807) is 12.1 Å². The summed E-state index contributed by atoms with van der Waals surface area (Å²) in [7, 11) is 0. The Hall–Kier alpha value is -1.13. The van der Waals surface area contributed by atoms with Crippen molar-refractivity contribution in [3.05, 3.63) is 29.6 Å². The number of nitrogen functional groups attached to an aromatic ring is 1. The number of hydrogen-bond acceptors (Lipinski definition) is 3. The van der Waals surface area contributed by atoms with E-state index in [1.165, 1.54) is 6.07 Å². The molecule has 2 N–H and O–H groups in total. The van der Waals surface area contributed by atoms with Crippen LogP contribution in [0.25, 0.3) is 0 Å². The van der Waals surface area contributed by atoms with E-state index in [1.807, 2.05) is 0 Å². The molecule has 3 nitrogen and oxygen atoms in total. The average Bonchev–Trinajstić information content (AvgIpc) is 2.32. The molecule has 1 aromatic rings. The first-order chi connectivity index (χ1) is 8.86. The van der Waals surface area contributed by atoms with Gasteiger partial charge in [0.25, 0.3) is 0 Å². The average molecular weight is 265 g/mol. The van der Waals surface area contributed by atoms with Crippen LogP contribution in [0.3, 0.4) is 0 Å². The minimum absolute atomic E-state index is 0.196. The number of anilines is 1. The van der Waals surface area contributed by atoms with Crippen LogP contribution >= 0.6 is 0 Å². The lowest BCUT2D eigenvalue weighted by atomic mass is 10.0. The maximum Gasteiger partial charge on any atom is 0.129 e. The highest BCUT2D eigenvalue weighted by atomic mass is 19.1. The van der Waals surface area contributed by atoms with Gasteiger partial charge in [0.2, 0.25) is 0 Å². The summed E-state index contributed by atoms with van der Waals surface area (Å²) in [6.07, 6.45) is 0. The van der Waals surface area contributed by atoms with Crippen molar-refractivity contribution >= 4 is 5.69 Å². The Balaban J connectivity index is 1.92. The Morgan fingerprint density at radius 3 is 2.32 bits per heavy atom. The van der Waals surface area contributed by atoms with Gasteiger partial charge in [-0.05, 0) is 32.9 Å². The van der Waals surface area contributed by atoms with Crippen molar-refractivity contribution in [1.82, 2.24) is 9.80 Å². The number of nitrogens with zero attached hydrogens (tertiary/aromatic N) is 2. The van der Waals surface area contributed by atoms with Gasteiger partial charge in [0.1, 0.15) is 5.82 Å². The van der Waals surface area contributed by atoms with Gasteiger partial charge in [-0.25, -0.2) is 4.39 Å². The smallest absolute Gasteiger partial charge is 0.129 e. The second kappa shape index (κ2) is 5.47. The van der Waals surface area contributed by atoms with Gasteiger partial charge in [-0.1, -0.05) is 6.07 Å². The number of benzene rings is 1. The van der Waals surface area contributed by atoms with E-state index in [0.717, 1.165) is 31.7 Å². The predicted octanol–water partition coefficient (Wildman–Crippen LogP) is 2.32. The second-order valence-corrected chi connectivity index (χ2v) is 6.28. The molecule has 0 saturated carbocycles. The third-order valence-electron chi connectivity index (χ3n) is 3.79. The van der Waals surface area contributed by atoms with E-state index in [4.69, 9.17) is 5.73 Å². The summed E-state index contributed by atoms with van der Waals surface area (Å²) in [6.45, 7) is 11.4. The van der Waals surface area contributed by atoms with Gasteiger partial charge in [-0.3, -0.25) is 9.80 Å². The van der Waals surface area contributed by atoms with Crippen LogP contribution in [0.15, 0.2) is 18.2 Å². The van der Waals surface area contributed by atoms with E-state index in [0.29, 0.717) is 12.2 Å². The molecule has 0 radical (unpaired) electrons. The third-order valence-corrected chi connectivity index (χ3v) is 3.79. The van der Waals surface area contributed by atoms with Crippen molar-refractivity contribution in [2.75, 3.05) is 31.9 Å². The summed E-state index contributed by atoms with van der Waals surface area (Å²) in [6, 6.07) is 4.96. The first kappa shape index (κ1) is 14.3. The van der Waals surface area contributed by atoms with Gasteiger partial charge in [0.05, 0.1) is 0 Å². The molecule has 4 heteroatoms. The lowest BCUT2D eigenvalue weighted by Crippen LogP contribution is -2.53. The molecule has 1 aromatic carbocycles. The third kappa shape index (κ3) is 3.67. The minimum atomic E-state index is -0.196. The maximum atomic E-state index is 13.8. The van der Waals surface area contributed by atoms with Crippen LogP contribution in [0.1, 0.15) is 26.3 Å². The van der Waals surface area contributed by atoms with E-state index >= 15 is 0 Å². The first-order valence-corrected chi connectivity index (χ1v) is 6.87. The molecule has 2 rings (SSSR count). The van der Waals surface area contributed by atoms with Gasteiger partial charge < -0.3 is 5.73 Å². The molecule has 0 spiro atoms. The summed E-state index contributed by atoms with van der Waals surface area (Å²) in [5, 5.41) is 0. The lowest BCUT2D eigenvalue weighted by Gasteiger charge is -2.42. The van der Waals surface area contributed by atoms with Crippen molar-refractivity contribution in [1.29, 1.82) is 0 Å². The zero-order valence-electron chi connectivity index (χ0n) is 12.1. The summed E-state index contributed by atoms with van der Waals surface area (Å²) >= 11 is 0. The van der Waals surface area contributed by atoms with Crippen molar-refractivity contribution in [2.24, 2.45) is 0 Å². The normalized spacial score (nSPS) is 18.7. The zero-order valence-corrected chi connectivity index (χ0v) is 12.1. The number of hydrogen-bond donors (Lipinski definition) is 1. The van der Waals surface area contributed by atoms with Crippen molar-refractivity contribution < 1.29 is 4.39 Å². The second-order valence-electron chi connectivity index (χ2n) is 6.28. The van der Waals surface area contributed by atoms with Crippen molar-refractivity contribution in [2.45, 2.75) is 32.9 Å². The van der Waals surface area contributed by atoms with Gasteiger partial charge >= 0.3 is 0 Å². The molecule has 106 valence electrons. The molecular formula is C15H24FN3. The van der Waals surface area contributed by atoms with Crippen LogP contribution in [0.5, 0.6) is 0 Å². The standard InChI is InChI=1S/C15H24FN3/c1-15(2,3)19-8-6-18(7-9-19)11-12-4-5-13(17)10-14(12)16/h4-5,10H,6-9,11,17H2,1-3H3. The molecule has 1 saturated heterocycles. The van der Waals surface area contributed by atoms with E-state index in [9.17, 15) is 4.39 Å². The molecule has 0 aliphatic carbocycles. The molecule has 0 aromatic heterocycles. The molecule has 1 heterocycles. The van der Waals surface area contributed by atoms with Crippen molar-refractivity contribution in [3.63, 3.8) is 0 Å². The summed E-state index contributed by atoms with van der Waals surface area (Å²) in [5.41, 5.74) is 7.01. The molecule has 0 amide bonds. The molecule has 1 aliphatic heterocycles. The lowest BCUT2D eigenvalue weighted by molar-refractivity contribution is 0.0586. The molecule has 1 aliphatic rings. The SMILES string of the molecule is CC(C)(C)N1CCN(Cc2ccc(N)cc2F)CC1. The molecule has 0 unspecified atom stereocenters. The zero-order chi connectivity index (χ0) is 14.0. The monoisotopic (exact) mass is 265 g/mol. The molecule has 0 bridgehead atoms. The fraction of sp³-hybridized carbons (Fsp3) is 0.600. The summed E-state index contributed by atoms with van der Waals surface area (Å²) in [4.78, 5) is 4.78. The highest BCUT2D eigenvalue weighted by Gasteiger charge is 2.25. The fourth-order valence-electron chi connectivity index (χ4n) is 2.51. The Labute approximate surface area is 115 Å². The van der Waals surface area contributed by atoms with Crippen LogP contribution in [0.2, 0.25) is 0 Å². The van der Waals surface area contributed by atoms with Crippen LogP contribution < -0.4 is 5.73 Å². The van der Waals surface area contributed by atoms with Crippen molar-refractivity contribution in [3.8, 4) is 0 Å². The van der Waals surface area contributed by atoms with E-state index < -0.39 is 0 Å². The molecule has 0 atom stereocenters. The van der Waals surface area contributed by atoms with Gasteiger partial charge in [0, 0.05) is 49.5 Å². The Kier molecular flexibility index (Phi) is 4.11. The van der Waals surface area contributed by atoms with Gasteiger partial charge in [0.15, 0.2) is 0 Å². The first-order valence-electron chi connectivity index (χ1n) is 6.87. The number of halogens is 1. The van der Waals surface area contributed by atoms with E-state index in [2.05, 4.69) is 30.6 Å². The maximum absolute atomic E-state index is 13.8. The highest BCUT2D eigenvalue weighted by Crippen LogP contribution is 2.18. The topological polar surface area (TPSA) is 32.5 Å². The molecule has 1 fully saturated rings. The van der Waals surface area contributed by atoms with Gasteiger partial charge in [-0.2, -0.15) is 0 Å². The number of piperazine rings is 1. The number of rotatable bonds is 2. The van der Waals surface area contributed by atoms with Gasteiger partial charge in [-0.15, -0.1) is 0 Å². The Morgan fingerprint density at radius 2 is 1.79 bits per heavy atom. The van der Waals surface area contributed by atoms with Crippen LogP contribution in [-0.2, 0) is 6.54 Å². The number of nitrogens with two attached hydrogens (primary N) is 1. The molecular weight excluding hydrogens is 241 g/mol.